The van der Waals surface area contributed by atoms with Gasteiger partial charge in [-0.2, -0.15) is 0 Å². The summed E-state index contributed by atoms with van der Waals surface area (Å²) in [6.45, 7) is 0. The van der Waals surface area contributed by atoms with E-state index in [9.17, 15) is 4.79 Å². The number of nitrogens with one attached hydrogen (secondary N) is 1. The van der Waals surface area contributed by atoms with Crippen molar-refractivity contribution in [3.8, 4) is 0 Å². The Balaban J connectivity index is 1.44. The number of amides is 1. The lowest BCUT2D eigenvalue weighted by Crippen LogP contribution is -2.09. The average molecular weight is 346 g/mol. The van der Waals surface area contributed by atoms with E-state index < -0.39 is 0 Å². The SMILES string of the molecule is O=C(Nc1nc(C2CC2)cs1)c1cc2c(nc3sccn32)s1. The zero-order valence-corrected chi connectivity index (χ0v) is 13.7. The number of nitrogens with zero attached hydrogens (tertiary/aromatic N) is 3. The second-order valence-corrected chi connectivity index (χ2v) is 8.04. The molecule has 0 saturated heterocycles. The first-order chi connectivity index (χ1) is 10.8. The molecule has 0 aromatic carbocycles. The van der Waals surface area contributed by atoms with Gasteiger partial charge in [0, 0.05) is 22.9 Å². The molecule has 0 aliphatic heterocycles. The molecule has 4 heterocycles. The first-order valence-corrected chi connectivity index (χ1v) is 9.47. The van der Waals surface area contributed by atoms with Crippen molar-refractivity contribution in [3.05, 3.63) is 33.6 Å². The van der Waals surface area contributed by atoms with Crippen molar-refractivity contribution in [2.45, 2.75) is 18.8 Å². The second-order valence-electron chi connectivity index (χ2n) is 5.27. The van der Waals surface area contributed by atoms with Crippen molar-refractivity contribution in [3.63, 3.8) is 0 Å². The molecule has 1 N–H and O–H groups in total. The zero-order valence-electron chi connectivity index (χ0n) is 11.3. The molecule has 0 spiro atoms. The summed E-state index contributed by atoms with van der Waals surface area (Å²) in [7, 11) is 0. The number of thiophene rings is 1. The van der Waals surface area contributed by atoms with Gasteiger partial charge in [0.2, 0.25) is 0 Å². The topological polar surface area (TPSA) is 59.3 Å². The molecule has 0 atom stereocenters. The third-order valence-corrected chi connectivity index (χ3v) is 6.25. The lowest BCUT2D eigenvalue weighted by Gasteiger charge is -1.97. The van der Waals surface area contributed by atoms with Crippen molar-refractivity contribution in [2.24, 2.45) is 0 Å². The average Bonchev–Trinajstić information content (AvgIpc) is 2.88. The Morgan fingerprint density at radius 3 is 3.09 bits per heavy atom. The predicted molar refractivity (Wildman–Crippen MR) is 90.5 cm³/mol. The molecular formula is C14H10N4OS3. The minimum absolute atomic E-state index is 0.108. The van der Waals surface area contributed by atoms with E-state index in [1.807, 2.05) is 27.4 Å². The Hall–Kier alpha value is -1.77. The van der Waals surface area contributed by atoms with Crippen LogP contribution in [0.3, 0.4) is 0 Å². The highest BCUT2D eigenvalue weighted by atomic mass is 32.1. The summed E-state index contributed by atoms with van der Waals surface area (Å²) < 4.78 is 2.02. The van der Waals surface area contributed by atoms with E-state index in [4.69, 9.17) is 0 Å². The number of imidazole rings is 1. The molecule has 4 aromatic rings. The molecule has 1 saturated carbocycles. The van der Waals surface area contributed by atoms with E-state index in [2.05, 4.69) is 15.3 Å². The van der Waals surface area contributed by atoms with Crippen molar-refractivity contribution in [1.82, 2.24) is 14.4 Å². The van der Waals surface area contributed by atoms with Crippen LogP contribution in [0.2, 0.25) is 0 Å². The normalized spacial score (nSPS) is 14.9. The molecule has 1 fully saturated rings. The summed E-state index contributed by atoms with van der Waals surface area (Å²) in [5.41, 5.74) is 2.10. The number of carbonyl (C=O) groups is 1. The predicted octanol–water partition coefficient (Wildman–Crippen LogP) is 4.20. The number of hydrogen-bond donors (Lipinski definition) is 1. The van der Waals surface area contributed by atoms with Crippen LogP contribution >= 0.6 is 34.0 Å². The van der Waals surface area contributed by atoms with Gasteiger partial charge in [0.05, 0.1) is 16.1 Å². The number of carbonyl (C=O) groups excluding carboxylic acids is 1. The van der Waals surface area contributed by atoms with Crippen LogP contribution < -0.4 is 5.32 Å². The van der Waals surface area contributed by atoms with Crippen LogP contribution in [0, 0.1) is 0 Å². The number of rotatable bonds is 3. The van der Waals surface area contributed by atoms with Gasteiger partial charge in [0.25, 0.3) is 5.91 Å². The van der Waals surface area contributed by atoms with E-state index in [0.29, 0.717) is 15.9 Å². The van der Waals surface area contributed by atoms with Gasteiger partial charge in [-0.15, -0.1) is 34.0 Å². The van der Waals surface area contributed by atoms with Gasteiger partial charge in [0.1, 0.15) is 4.83 Å². The Kier molecular flexibility index (Phi) is 2.67. The van der Waals surface area contributed by atoms with E-state index in [-0.39, 0.29) is 5.91 Å². The highest BCUT2D eigenvalue weighted by Crippen LogP contribution is 2.41. The number of thiazole rings is 2. The van der Waals surface area contributed by atoms with E-state index in [0.717, 1.165) is 21.0 Å². The van der Waals surface area contributed by atoms with Gasteiger partial charge in [-0.05, 0) is 18.9 Å². The fraction of sp³-hybridized carbons (Fsp3) is 0.214. The molecule has 5 nitrogen and oxygen atoms in total. The highest BCUT2D eigenvalue weighted by Gasteiger charge is 2.26. The molecular weight excluding hydrogens is 336 g/mol. The molecule has 0 radical (unpaired) electrons. The summed E-state index contributed by atoms with van der Waals surface area (Å²) in [6.07, 6.45) is 4.42. The Morgan fingerprint density at radius 2 is 2.23 bits per heavy atom. The minimum atomic E-state index is -0.108. The van der Waals surface area contributed by atoms with Crippen LogP contribution in [0.15, 0.2) is 23.0 Å². The quantitative estimate of drug-likeness (QED) is 0.605. The molecule has 5 rings (SSSR count). The van der Waals surface area contributed by atoms with Crippen molar-refractivity contribution >= 4 is 60.4 Å². The van der Waals surface area contributed by atoms with Gasteiger partial charge < -0.3 is 0 Å². The first kappa shape index (κ1) is 12.7. The number of fused-ring (bicyclic) bond motifs is 3. The largest absolute Gasteiger partial charge is 0.297 e. The maximum atomic E-state index is 12.4. The van der Waals surface area contributed by atoms with Crippen LogP contribution in [0.4, 0.5) is 5.13 Å². The van der Waals surface area contributed by atoms with E-state index >= 15 is 0 Å². The Morgan fingerprint density at radius 1 is 1.32 bits per heavy atom. The highest BCUT2D eigenvalue weighted by molar-refractivity contribution is 7.21. The van der Waals surface area contributed by atoms with Crippen LogP contribution in [-0.4, -0.2) is 20.3 Å². The maximum Gasteiger partial charge on any atom is 0.267 e. The van der Waals surface area contributed by atoms with Crippen molar-refractivity contribution < 1.29 is 4.79 Å². The maximum absolute atomic E-state index is 12.4. The third-order valence-electron chi connectivity index (χ3n) is 3.70. The summed E-state index contributed by atoms with van der Waals surface area (Å²) in [5, 5.41) is 7.62. The minimum Gasteiger partial charge on any atom is -0.297 e. The Bertz CT molecular complexity index is 1000. The molecule has 22 heavy (non-hydrogen) atoms. The molecule has 1 aliphatic rings. The van der Waals surface area contributed by atoms with Gasteiger partial charge in [-0.1, -0.05) is 0 Å². The molecule has 1 aliphatic carbocycles. The lowest BCUT2D eigenvalue weighted by molar-refractivity contribution is 0.103. The number of hydrogen-bond acceptors (Lipinski definition) is 6. The van der Waals surface area contributed by atoms with Crippen LogP contribution in [0.1, 0.15) is 34.1 Å². The fourth-order valence-electron chi connectivity index (χ4n) is 2.43. The Labute approximate surface area is 137 Å². The van der Waals surface area contributed by atoms with Crippen LogP contribution in [0.25, 0.3) is 15.3 Å². The summed E-state index contributed by atoms with van der Waals surface area (Å²) in [5.74, 6) is 0.503. The standard InChI is InChI=1S/C14H10N4OS3/c19-11(16-13-15-8(6-21-13)7-1-2-7)10-5-9-12(22-10)17-14-18(9)3-4-20-14/h3-7H,1-2H2,(H,15,16,19). The number of aromatic nitrogens is 3. The monoisotopic (exact) mass is 346 g/mol. The summed E-state index contributed by atoms with van der Waals surface area (Å²) >= 11 is 4.51. The zero-order chi connectivity index (χ0) is 14.7. The molecule has 4 aromatic heterocycles. The second kappa shape index (κ2) is 4.61. The third kappa shape index (κ3) is 1.98. The summed E-state index contributed by atoms with van der Waals surface area (Å²) in [6, 6.07) is 1.90. The van der Waals surface area contributed by atoms with Gasteiger partial charge in [-0.3, -0.25) is 14.5 Å². The molecule has 0 unspecified atom stereocenters. The lowest BCUT2D eigenvalue weighted by atomic mass is 10.3. The molecule has 8 heteroatoms. The van der Waals surface area contributed by atoms with E-state index in [1.54, 1.807) is 11.3 Å². The van der Waals surface area contributed by atoms with Crippen molar-refractivity contribution in [2.75, 3.05) is 5.32 Å². The summed E-state index contributed by atoms with van der Waals surface area (Å²) in [4.78, 5) is 23.9. The first-order valence-electron chi connectivity index (χ1n) is 6.90. The van der Waals surface area contributed by atoms with E-state index in [1.165, 1.54) is 35.5 Å². The van der Waals surface area contributed by atoms with Gasteiger partial charge >= 0.3 is 0 Å². The van der Waals surface area contributed by atoms with Crippen LogP contribution in [0.5, 0.6) is 0 Å². The van der Waals surface area contributed by atoms with Crippen LogP contribution in [-0.2, 0) is 0 Å². The smallest absolute Gasteiger partial charge is 0.267 e. The van der Waals surface area contributed by atoms with Gasteiger partial charge in [0.15, 0.2) is 10.1 Å². The number of anilines is 1. The molecule has 1 amide bonds. The molecule has 0 bridgehead atoms. The van der Waals surface area contributed by atoms with Gasteiger partial charge in [-0.25, -0.2) is 9.97 Å². The fourth-order valence-corrected chi connectivity index (χ4v) is 4.91. The van der Waals surface area contributed by atoms with Crippen molar-refractivity contribution in [1.29, 1.82) is 0 Å². The molecule has 110 valence electrons.